The van der Waals surface area contributed by atoms with Gasteiger partial charge in [0.15, 0.2) is 0 Å². The van der Waals surface area contributed by atoms with E-state index in [1.807, 2.05) is 0 Å². The number of carbonyl (C=O) groups excluding carboxylic acids is 1. The summed E-state index contributed by atoms with van der Waals surface area (Å²) in [6.07, 6.45) is 4.16. The van der Waals surface area contributed by atoms with E-state index in [-0.39, 0.29) is 5.54 Å². The van der Waals surface area contributed by atoms with E-state index in [1.54, 1.807) is 0 Å². The first-order chi connectivity index (χ1) is 8.09. The largest absolute Gasteiger partial charge is 0.339 e. The number of likely N-dealkylation sites (tertiary alicyclic amines) is 1. The van der Waals surface area contributed by atoms with Crippen LogP contribution in [0.2, 0.25) is 0 Å². The summed E-state index contributed by atoms with van der Waals surface area (Å²) < 4.78 is 0. The van der Waals surface area contributed by atoms with Gasteiger partial charge in [0.05, 0.1) is 5.54 Å². The smallest absolute Gasteiger partial charge is 0.242 e. The summed E-state index contributed by atoms with van der Waals surface area (Å²) in [5.74, 6) is 0.335. The Morgan fingerprint density at radius 3 is 2.76 bits per heavy atom. The number of hydrogen-bond donors (Lipinski definition) is 1. The number of nitrogens with one attached hydrogen (secondary N) is 1. The molecule has 0 aromatic heterocycles. The van der Waals surface area contributed by atoms with E-state index in [2.05, 4.69) is 36.1 Å². The normalized spacial score (nSPS) is 33.6. The van der Waals surface area contributed by atoms with Crippen LogP contribution >= 0.6 is 0 Å². The lowest BCUT2D eigenvalue weighted by Crippen LogP contribution is -2.54. The Morgan fingerprint density at radius 1 is 1.53 bits per heavy atom. The van der Waals surface area contributed by atoms with Crippen LogP contribution in [0.4, 0.5) is 0 Å². The molecule has 2 atom stereocenters. The Morgan fingerprint density at radius 2 is 2.29 bits per heavy atom. The zero-order chi connectivity index (χ0) is 12.5. The minimum absolute atomic E-state index is 0.249. The van der Waals surface area contributed by atoms with Gasteiger partial charge in [-0.2, -0.15) is 0 Å². The molecule has 2 fully saturated rings. The number of rotatable bonds is 3. The lowest BCUT2D eigenvalue weighted by molar-refractivity contribution is -0.137. The van der Waals surface area contributed by atoms with Crippen LogP contribution in [0, 0.1) is 0 Å². The molecule has 0 bridgehead atoms. The lowest BCUT2D eigenvalue weighted by Gasteiger charge is -2.32. The molecule has 4 nitrogen and oxygen atoms in total. The molecule has 1 amide bonds. The summed E-state index contributed by atoms with van der Waals surface area (Å²) >= 11 is 0. The minimum atomic E-state index is -0.249. The van der Waals surface area contributed by atoms with E-state index in [4.69, 9.17) is 0 Å². The Balaban J connectivity index is 2.01. The van der Waals surface area contributed by atoms with Gasteiger partial charge in [-0.3, -0.25) is 4.79 Å². The molecule has 2 aliphatic heterocycles. The summed E-state index contributed by atoms with van der Waals surface area (Å²) in [4.78, 5) is 16.9. The Hall–Kier alpha value is -0.610. The van der Waals surface area contributed by atoms with Crippen molar-refractivity contribution in [2.24, 2.45) is 0 Å². The molecule has 0 spiro atoms. The molecule has 2 aliphatic rings. The van der Waals surface area contributed by atoms with Crippen molar-refractivity contribution in [3.63, 3.8) is 0 Å². The Bertz CT molecular complexity index is 284. The number of hydrogen-bond acceptors (Lipinski definition) is 3. The first kappa shape index (κ1) is 12.8. The van der Waals surface area contributed by atoms with Crippen LogP contribution in [0.25, 0.3) is 0 Å². The van der Waals surface area contributed by atoms with Gasteiger partial charge in [0.25, 0.3) is 0 Å². The first-order valence-corrected chi connectivity index (χ1v) is 6.80. The molecule has 0 saturated carbocycles. The molecule has 4 heteroatoms. The maximum Gasteiger partial charge on any atom is 0.242 e. The highest BCUT2D eigenvalue weighted by molar-refractivity contribution is 5.87. The molecule has 2 rings (SSSR count). The molecule has 2 saturated heterocycles. The highest BCUT2D eigenvalue weighted by atomic mass is 16.2. The summed E-state index contributed by atoms with van der Waals surface area (Å²) in [5, 5.41) is 3.44. The monoisotopic (exact) mass is 239 g/mol. The Kier molecular flexibility index (Phi) is 3.73. The van der Waals surface area contributed by atoms with E-state index in [0.717, 1.165) is 45.3 Å². The topological polar surface area (TPSA) is 35.6 Å². The van der Waals surface area contributed by atoms with Gasteiger partial charge in [-0.25, -0.2) is 0 Å². The van der Waals surface area contributed by atoms with E-state index in [0.29, 0.717) is 11.9 Å². The van der Waals surface area contributed by atoms with Crippen LogP contribution < -0.4 is 5.32 Å². The van der Waals surface area contributed by atoms with Gasteiger partial charge < -0.3 is 15.1 Å². The fraction of sp³-hybridized carbons (Fsp3) is 0.923. The average molecular weight is 239 g/mol. The van der Waals surface area contributed by atoms with E-state index in [9.17, 15) is 4.79 Å². The number of amides is 1. The van der Waals surface area contributed by atoms with Crippen LogP contribution in [0.15, 0.2) is 0 Å². The van der Waals surface area contributed by atoms with Gasteiger partial charge in [0.1, 0.15) is 0 Å². The van der Waals surface area contributed by atoms with E-state index < -0.39 is 0 Å². The summed E-state index contributed by atoms with van der Waals surface area (Å²) in [6, 6.07) is 0.536. The fourth-order valence-corrected chi connectivity index (χ4v) is 3.09. The van der Waals surface area contributed by atoms with Gasteiger partial charge >= 0.3 is 0 Å². The fourth-order valence-electron chi connectivity index (χ4n) is 3.09. The second-order valence-electron chi connectivity index (χ2n) is 5.62. The molecular formula is C13H25N3O. The third-order valence-electron chi connectivity index (χ3n) is 4.44. The molecule has 2 unspecified atom stereocenters. The maximum absolute atomic E-state index is 12.6. The molecule has 0 aliphatic carbocycles. The molecule has 0 aromatic carbocycles. The van der Waals surface area contributed by atoms with Crippen molar-refractivity contribution in [3.05, 3.63) is 0 Å². The van der Waals surface area contributed by atoms with Crippen molar-refractivity contribution >= 4 is 5.91 Å². The summed E-state index contributed by atoms with van der Waals surface area (Å²) in [7, 11) is 4.20. The Labute approximate surface area is 104 Å². The van der Waals surface area contributed by atoms with Gasteiger partial charge in [-0.1, -0.05) is 6.92 Å². The highest BCUT2D eigenvalue weighted by Gasteiger charge is 2.43. The number of nitrogens with zero attached hydrogens (tertiary/aromatic N) is 2. The van der Waals surface area contributed by atoms with E-state index >= 15 is 0 Å². The predicted octanol–water partition coefficient (Wildman–Crippen LogP) is 0.681. The van der Waals surface area contributed by atoms with Crippen molar-refractivity contribution < 1.29 is 4.79 Å². The summed E-state index contributed by atoms with van der Waals surface area (Å²) in [5.41, 5.74) is -0.249. The van der Waals surface area contributed by atoms with Crippen molar-refractivity contribution in [1.82, 2.24) is 15.1 Å². The number of likely N-dealkylation sites (N-methyl/N-ethyl adjacent to an activating group) is 1. The maximum atomic E-state index is 12.6. The van der Waals surface area contributed by atoms with Crippen LogP contribution in [0.5, 0.6) is 0 Å². The molecule has 0 radical (unpaired) electrons. The second-order valence-corrected chi connectivity index (χ2v) is 5.62. The lowest BCUT2D eigenvalue weighted by atomic mass is 9.92. The quantitative estimate of drug-likeness (QED) is 0.787. The van der Waals surface area contributed by atoms with Crippen LogP contribution in [0.1, 0.15) is 32.6 Å². The van der Waals surface area contributed by atoms with Gasteiger partial charge in [0, 0.05) is 19.1 Å². The van der Waals surface area contributed by atoms with Gasteiger partial charge in [-0.05, 0) is 46.3 Å². The van der Waals surface area contributed by atoms with Crippen molar-refractivity contribution in [3.8, 4) is 0 Å². The van der Waals surface area contributed by atoms with E-state index in [1.165, 1.54) is 0 Å². The molecule has 17 heavy (non-hydrogen) atoms. The molecule has 98 valence electrons. The van der Waals surface area contributed by atoms with Crippen LogP contribution in [-0.2, 0) is 4.79 Å². The van der Waals surface area contributed by atoms with Gasteiger partial charge in [-0.15, -0.1) is 0 Å². The van der Waals surface area contributed by atoms with Gasteiger partial charge in [0.2, 0.25) is 5.91 Å². The zero-order valence-electron chi connectivity index (χ0n) is 11.3. The van der Waals surface area contributed by atoms with Crippen molar-refractivity contribution in [1.29, 1.82) is 0 Å². The van der Waals surface area contributed by atoms with Crippen molar-refractivity contribution in [2.75, 3.05) is 33.7 Å². The average Bonchev–Trinajstić information content (AvgIpc) is 2.98. The van der Waals surface area contributed by atoms with Crippen LogP contribution in [0.3, 0.4) is 0 Å². The molecular weight excluding hydrogens is 214 g/mol. The van der Waals surface area contributed by atoms with Crippen LogP contribution in [-0.4, -0.2) is 61.0 Å². The number of carbonyl (C=O) groups is 1. The summed E-state index contributed by atoms with van der Waals surface area (Å²) in [6.45, 7) is 4.93. The third-order valence-corrected chi connectivity index (χ3v) is 4.44. The standard InChI is InChI=1S/C13H25N3O/c1-4-13(7-5-8-14-13)12(17)16-9-6-11(10-16)15(2)3/h11,14H,4-10H2,1-3H3. The first-order valence-electron chi connectivity index (χ1n) is 6.80. The molecule has 2 heterocycles. The highest BCUT2D eigenvalue weighted by Crippen LogP contribution is 2.27. The third kappa shape index (κ3) is 2.33. The SMILES string of the molecule is CCC1(C(=O)N2CCC(N(C)C)C2)CCCN1. The second kappa shape index (κ2) is 4.94. The minimum Gasteiger partial charge on any atom is -0.339 e. The predicted molar refractivity (Wildman–Crippen MR) is 68.9 cm³/mol. The van der Waals surface area contributed by atoms with Crippen molar-refractivity contribution in [2.45, 2.75) is 44.2 Å². The zero-order valence-corrected chi connectivity index (χ0v) is 11.3. The molecule has 0 aromatic rings. The molecule has 1 N–H and O–H groups in total.